The number of carboxylic acids is 2. The van der Waals surface area contributed by atoms with Crippen LogP contribution in [0.15, 0.2) is 24.3 Å². The second-order valence-electron chi connectivity index (χ2n) is 6.64. The molecule has 0 radical (unpaired) electrons. The molecule has 0 heterocycles. The summed E-state index contributed by atoms with van der Waals surface area (Å²) in [4.78, 5) is 34.6. The van der Waals surface area contributed by atoms with Crippen molar-refractivity contribution >= 4 is 17.9 Å². The Hall–Kier alpha value is -2.37. The maximum Gasteiger partial charge on any atom is 0.320 e. The van der Waals surface area contributed by atoms with Crippen LogP contribution in [0.5, 0.6) is 0 Å². The van der Waals surface area contributed by atoms with Crippen LogP contribution in [0.4, 0.5) is 0 Å². The minimum Gasteiger partial charge on any atom is -0.481 e. The highest BCUT2D eigenvalue weighted by Gasteiger charge is 2.34. The third-order valence-corrected chi connectivity index (χ3v) is 3.82. The summed E-state index contributed by atoms with van der Waals surface area (Å²) in [6.07, 6.45) is -0.349. The van der Waals surface area contributed by atoms with E-state index >= 15 is 0 Å². The molecule has 2 atom stereocenters. The molecule has 2 N–H and O–H groups in total. The first-order valence-electron chi connectivity index (χ1n) is 7.80. The molecular weight excluding hydrogens is 312 g/mol. The van der Waals surface area contributed by atoms with Crippen LogP contribution in [-0.4, -0.2) is 34.7 Å². The Morgan fingerprint density at radius 2 is 1.58 bits per heavy atom. The van der Waals surface area contributed by atoms with Crippen molar-refractivity contribution in [2.75, 3.05) is 6.61 Å². The molecule has 24 heavy (non-hydrogen) atoms. The van der Waals surface area contributed by atoms with Crippen molar-refractivity contribution in [2.45, 2.75) is 45.4 Å². The Labute approximate surface area is 141 Å². The van der Waals surface area contributed by atoms with Crippen LogP contribution >= 0.6 is 0 Å². The van der Waals surface area contributed by atoms with Gasteiger partial charge in [0.25, 0.3) is 0 Å². The molecule has 0 aliphatic carbocycles. The van der Waals surface area contributed by atoms with Crippen LogP contribution in [0.1, 0.15) is 51.2 Å². The van der Waals surface area contributed by atoms with Crippen molar-refractivity contribution in [2.24, 2.45) is 5.92 Å². The van der Waals surface area contributed by atoms with E-state index in [-0.39, 0.29) is 18.4 Å². The molecular formula is C18H24O6. The predicted octanol–water partition coefficient (Wildman–Crippen LogP) is 2.81. The smallest absolute Gasteiger partial charge is 0.320 e. The third-order valence-electron chi connectivity index (χ3n) is 3.82. The number of esters is 1. The van der Waals surface area contributed by atoms with Crippen LogP contribution < -0.4 is 0 Å². The zero-order valence-corrected chi connectivity index (χ0v) is 14.4. The summed E-state index contributed by atoms with van der Waals surface area (Å²) in [7, 11) is 0. The second-order valence-corrected chi connectivity index (χ2v) is 6.64. The number of aliphatic carboxylic acids is 2. The molecule has 0 aliphatic heterocycles. The van der Waals surface area contributed by atoms with Crippen molar-refractivity contribution in [1.82, 2.24) is 0 Å². The molecule has 1 aromatic rings. The van der Waals surface area contributed by atoms with Gasteiger partial charge in [0.2, 0.25) is 0 Å². The summed E-state index contributed by atoms with van der Waals surface area (Å²) in [5.74, 6) is -6.07. The molecule has 1 aromatic carbocycles. The highest BCUT2D eigenvalue weighted by Crippen LogP contribution is 2.28. The SMILES string of the molecule is CCOC(=O)C(CC(C(=O)O)c1ccc(C(C)(C)C)cc1)C(=O)O. The number of benzene rings is 1. The van der Waals surface area contributed by atoms with Gasteiger partial charge in [0.05, 0.1) is 12.5 Å². The number of ether oxygens (including phenoxy) is 1. The Morgan fingerprint density at radius 3 is 1.96 bits per heavy atom. The van der Waals surface area contributed by atoms with Crippen LogP contribution in [0.3, 0.4) is 0 Å². The fourth-order valence-corrected chi connectivity index (χ4v) is 2.37. The molecule has 6 heteroatoms. The number of hydrogen-bond donors (Lipinski definition) is 2. The van der Waals surface area contributed by atoms with Crippen LogP contribution in [-0.2, 0) is 24.5 Å². The van der Waals surface area contributed by atoms with Gasteiger partial charge in [0.1, 0.15) is 0 Å². The molecule has 0 amide bonds. The maximum atomic E-state index is 11.8. The van der Waals surface area contributed by atoms with Gasteiger partial charge < -0.3 is 14.9 Å². The van der Waals surface area contributed by atoms with E-state index in [0.717, 1.165) is 5.56 Å². The fraction of sp³-hybridized carbons (Fsp3) is 0.500. The first-order chi connectivity index (χ1) is 11.1. The molecule has 0 saturated carbocycles. The first-order valence-corrected chi connectivity index (χ1v) is 7.80. The molecule has 0 aromatic heterocycles. The molecule has 2 unspecified atom stereocenters. The zero-order chi connectivity index (χ0) is 18.5. The Kier molecular flexibility index (Phi) is 6.51. The lowest BCUT2D eigenvalue weighted by Gasteiger charge is -2.21. The van der Waals surface area contributed by atoms with E-state index in [1.54, 1.807) is 19.1 Å². The van der Waals surface area contributed by atoms with Gasteiger partial charge in [-0.2, -0.15) is 0 Å². The number of carbonyl (C=O) groups excluding carboxylic acids is 1. The average Bonchev–Trinajstić information content (AvgIpc) is 2.46. The van der Waals surface area contributed by atoms with Crippen LogP contribution in [0.2, 0.25) is 0 Å². The summed E-state index contributed by atoms with van der Waals surface area (Å²) < 4.78 is 4.73. The number of carboxylic acid groups (broad SMARTS) is 2. The van der Waals surface area contributed by atoms with Gasteiger partial charge >= 0.3 is 17.9 Å². The number of carbonyl (C=O) groups is 3. The minimum absolute atomic E-state index is 0.0423. The van der Waals surface area contributed by atoms with E-state index in [0.29, 0.717) is 5.56 Å². The highest BCUT2D eigenvalue weighted by molar-refractivity contribution is 5.94. The lowest BCUT2D eigenvalue weighted by atomic mass is 9.84. The lowest BCUT2D eigenvalue weighted by molar-refractivity contribution is -0.159. The Bertz CT molecular complexity index is 597. The van der Waals surface area contributed by atoms with Crippen molar-refractivity contribution in [1.29, 1.82) is 0 Å². The lowest BCUT2D eigenvalue weighted by Crippen LogP contribution is -2.29. The van der Waals surface area contributed by atoms with E-state index < -0.39 is 29.7 Å². The number of rotatable bonds is 7. The van der Waals surface area contributed by atoms with E-state index in [1.807, 2.05) is 32.9 Å². The van der Waals surface area contributed by atoms with Crippen molar-refractivity contribution < 1.29 is 29.3 Å². The summed E-state index contributed by atoms with van der Waals surface area (Å²) >= 11 is 0. The van der Waals surface area contributed by atoms with E-state index in [1.165, 1.54) is 0 Å². The third kappa shape index (κ3) is 5.08. The van der Waals surface area contributed by atoms with Gasteiger partial charge in [-0.3, -0.25) is 14.4 Å². The summed E-state index contributed by atoms with van der Waals surface area (Å²) in [6, 6.07) is 6.99. The second kappa shape index (κ2) is 7.95. The molecule has 0 fully saturated rings. The topological polar surface area (TPSA) is 101 Å². The maximum absolute atomic E-state index is 11.8. The van der Waals surface area contributed by atoms with Crippen molar-refractivity contribution in [3.8, 4) is 0 Å². The molecule has 0 bridgehead atoms. The average molecular weight is 336 g/mol. The summed E-state index contributed by atoms with van der Waals surface area (Å²) in [5.41, 5.74) is 1.42. The molecule has 0 aliphatic rings. The minimum atomic E-state index is -1.51. The zero-order valence-electron chi connectivity index (χ0n) is 14.4. The van der Waals surface area contributed by atoms with Crippen molar-refractivity contribution in [3.63, 3.8) is 0 Å². The van der Waals surface area contributed by atoms with E-state index in [2.05, 4.69) is 0 Å². The molecule has 132 valence electrons. The van der Waals surface area contributed by atoms with Gasteiger partial charge in [0.15, 0.2) is 5.92 Å². The van der Waals surface area contributed by atoms with Crippen LogP contribution in [0, 0.1) is 5.92 Å². The van der Waals surface area contributed by atoms with Gasteiger partial charge in [0, 0.05) is 0 Å². The summed E-state index contributed by atoms with van der Waals surface area (Å²) in [5, 5.41) is 18.7. The van der Waals surface area contributed by atoms with E-state index in [4.69, 9.17) is 4.74 Å². The van der Waals surface area contributed by atoms with Gasteiger partial charge in [-0.15, -0.1) is 0 Å². The highest BCUT2D eigenvalue weighted by atomic mass is 16.5. The van der Waals surface area contributed by atoms with Gasteiger partial charge in [-0.25, -0.2) is 0 Å². The van der Waals surface area contributed by atoms with Crippen molar-refractivity contribution in [3.05, 3.63) is 35.4 Å². The Morgan fingerprint density at radius 1 is 1.04 bits per heavy atom. The normalized spacial score (nSPS) is 13.8. The van der Waals surface area contributed by atoms with Gasteiger partial charge in [-0.1, -0.05) is 45.0 Å². The number of hydrogen-bond acceptors (Lipinski definition) is 4. The van der Waals surface area contributed by atoms with Crippen LogP contribution in [0.25, 0.3) is 0 Å². The standard InChI is InChI=1S/C18H24O6/c1-5-24-17(23)14(16(21)22)10-13(15(19)20)11-6-8-12(9-7-11)18(2,3)4/h6-9,13-14H,5,10H2,1-4H3,(H,19,20)(H,21,22). The molecule has 6 nitrogen and oxygen atoms in total. The largest absolute Gasteiger partial charge is 0.481 e. The predicted molar refractivity (Wildman–Crippen MR) is 87.9 cm³/mol. The monoisotopic (exact) mass is 336 g/mol. The van der Waals surface area contributed by atoms with Gasteiger partial charge in [-0.05, 0) is 29.9 Å². The molecule has 1 rings (SSSR count). The fourth-order valence-electron chi connectivity index (χ4n) is 2.37. The Balaban J connectivity index is 3.08. The molecule has 0 saturated heterocycles. The van der Waals surface area contributed by atoms with E-state index in [9.17, 15) is 24.6 Å². The molecule has 0 spiro atoms. The quantitative estimate of drug-likeness (QED) is 0.586. The summed E-state index contributed by atoms with van der Waals surface area (Å²) in [6.45, 7) is 7.73. The first kappa shape index (κ1) is 19.7.